The van der Waals surface area contributed by atoms with Gasteiger partial charge in [0.2, 0.25) is 5.91 Å². The molecule has 4 heteroatoms. The first-order chi connectivity index (χ1) is 11.8. The van der Waals surface area contributed by atoms with Gasteiger partial charge in [-0.1, -0.05) is 30.3 Å². The molecule has 0 aliphatic carbocycles. The van der Waals surface area contributed by atoms with Gasteiger partial charge in [0.1, 0.15) is 0 Å². The molecule has 132 valence electrons. The smallest absolute Gasteiger partial charge is 0.225 e. The number of hydrogen-bond acceptors (Lipinski definition) is 3. The predicted octanol–water partition coefficient (Wildman–Crippen LogP) is 2.58. The molecule has 3 saturated heterocycles. The fourth-order valence-corrected chi connectivity index (χ4v) is 4.15. The van der Waals surface area contributed by atoms with Crippen molar-refractivity contribution < 1.29 is 9.53 Å². The summed E-state index contributed by atoms with van der Waals surface area (Å²) in [5, 5.41) is 0. The van der Waals surface area contributed by atoms with Crippen LogP contribution in [0.25, 0.3) is 0 Å². The number of aryl methyl sites for hydroxylation is 1. The van der Waals surface area contributed by atoms with E-state index in [9.17, 15) is 4.79 Å². The predicted molar refractivity (Wildman–Crippen MR) is 95.9 cm³/mol. The molecule has 3 heterocycles. The molecule has 1 aromatic carbocycles. The van der Waals surface area contributed by atoms with Crippen LogP contribution in [-0.2, 0) is 16.0 Å². The molecule has 0 aromatic heterocycles. The second-order valence-corrected chi connectivity index (χ2v) is 7.23. The number of fused-ring (bicyclic) bond motifs is 4. The summed E-state index contributed by atoms with van der Waals surface area (Å²) in [6.07, 6.45) is 5.30. The number of nitrogens with zero attached hydrogens (tertiary/aromatic N) is 2. The van der Waals surface area contributed by atoms with E-state index < -0.39 is 0 Å². The van der Waals surface area contributed by atoms with Gasteiger partial charge in [-0.25, -0.2) is 0 Å². The third-order valence-corrected chi connectivity index (χ3v) is 5.41. The van der Waals surface area contributed by atoms with Crippen molar-refractivity contribution in [1.29, 1.82) is 0 Å². The van der Waals surface area contributed by atoms with E-state index in [0.717, 1.165) is 32.6 Å². The second kappa shape index (κ2) is 8.63. The first kappa shape index (κ1) is 17.4. The Morgan fingerprint density at radius 1 is 1.17 bits per heavy atom. The summed E-state index contributed by atoms with van der Waals surface area (Å²) >= 11 is 0. The van der Waals surface area contributed by atoms with Crippen molar-refractivity contribution in [3.05, 3.63) is 35.9 Å². The Hall–Kier alpha value is -1.39. The van der Waals surface area contributed by atoms with Crippen molar-refractivity contribution in [3.8, 4) is 0 Å². The highest BCUT2D eigenvalue weighted by Gasteiger charge is 2.36. The lowest BCUT2D eigenvalue weighted by Crippen LogP contribution is -2.47. The van der Waals surface area contributed by atoms with Gasteiger partial charge < -0.3 is 14.5 Å². The summed E-state index contributed by atoms with van der Waals surface area (Å²) in [6.45, 7) is 4.82. The Balaban J connectivity index is 1.50. The molecule has 1 amide bonds. The number of rotatable bonds is 7. The van der Waals surface area contributed by atoms with Gasteiger partial charge in [0.15, 0.2) is 0 Å². The molecule has 0 spiro atoms. The Bertz CT molecular complexity index is 520. The van der Waals surface area contributed by atoms with Gasteiger partial charge in [-0.05, 0) is 43.7 Å². The average Bonchev–Trinajstić information content (AvgIpc) is 2.91. The molecule has 24 heavy (non-hydrogen) atoms. The highest BCUT2D eigenvalue weighted by Crippen LogP contribution is 2.28. The van der Waals surface area contributed by atoms with Crippen molar-refractivity contribution in [3.63, 3.8) is 0 Å². The van der Waals surface area contributed by atoms with E-state index in [1.165, 1.54) is 24.8 Å². The highest BCUT2D eigenvalue weighted by atomic mass is 16.5. The minimum atomic E-state index is 0.276. The van der Waals surface area contributed by atoms with Crippen molar-refractivity contribution >= 4 is 5.91 Å². The summed E-state index contributed by atoms with van der Waals surface area (Å²) in [4.78, 5) is 17.2. The van der Waals surface area contributed by atoms with E-state index in [1.807, 2.05) is 0 Å². The van der Waals surface area contributed by atoms with Crippen molar-refractivity contribution in [2.24, 2.45) is 5.92 Å². The molecule has 4 nitrogen and oxygen atoms in total. The maximum atomic E-state index is 12.4. The molecule has 0 saturated carbocycles. The van der Waals surface area contributed by atoms with E-state index >= 15 is 0 Å². The number of carbonyl (C=O) groups is 1. The van der Waals surface area contributed by atoms with Gasteiger partial charge >= 0.3 is 0 Å². The third-order valence-electron chi connectivity index (χ3n) is 5.41. The van der Waals surface area contributed by atoms with E-state index in [2.05, 4.69) is 40.1 Å². The molecule has 2 bridgehead atoms. The van der Waals surface area contributed by atoms with E-state index in [1.54, 1.807) is 7.11 Å². The van der Waals surface area contributed by atoms with Gasteiger partial charge in [0.25, 0.3) is 0 Å². The number of hydrogen-bond donors (Lipinski definition) is 0. The molecule has 1 aromatic rings. The zero-order valence-corrected chi connectivity index (χ0v) is 14.8. The first-order valence-corrected chi connectivity index (χ1v) is 9.31. The minimum absolute atomic E-state index is 0.276. The fourth-order valence-electron chi connectivity index (χ4n) is 4.15. The standard InChI is InChI=1S/C20H30N2O2/c1-24-13-11-20(23)22-15-18-9-10-19(22)16-21(14-18)12-5-8-17-6-3-2-4-7-17/h2-4,6-7,18-19H,5,8-16H2,1H3/t18-,19+/m1/s1. The Kier molecular flexibility index (Phi) is 6.27. The average molecular weight is 330 g/mol. The molecular formula is C20H30N2O2. The van der Waals surface area contributed by atoms with E-state index in [-0.39, 0.29) is 5.91 Å². The monoisotopic (exact) mass is 330 g/mol. The van der Waals surface area contributed by atoms with Crippen LogP contribution < -0.4 is 0 Å². The Morgan fingerprint density at radius 3 is 2.79 bits per heavy atom. The van der Waals surface area contributed by atoms with Crippen molar-refractivity contribution in [1.82, 2.24) is 9.80 Å². The SMILES string of the molecule is COCCC(=O)N1C[C@@H]2CC[C@H]1CN(CCCc1ccccc1)C2. The fraction of sp³-hybridized carbons (Fsp3) is 0.650. The zero-order valence-electron chi connectivity index (χ0n) is 14.8. The zero-order chi connectivity index (χ0) is 16.8. The van der Waals surface area contributed by atoms with Crippen molar-refractivity contribution in [2.45, 2.75) is 38.1 Å². The summed E-state index contributed by atoms with van der Waals surface area (Å²) in [6, 6.07) is 11.1. The summed E-state index contributed by atoms with van der Waals surface area (Å²) in [7, 11) is 1.66. The van der Waals surface area contributed by atoms with Crippen molar-refractivity contribution in [2.75, 3.05) is 39.9 Å². The molecule has 3 aliphatic rings. The molecular weight excluding hydrogens is 300 g/mol. The third kappa shape index (κ3) is 4.58. The number of benzene rings is 1. The van der Waals surface area contributed by atoms with Crippen LogP contribution in [0, 0.1) is 5.92 Å². The summed E-state index contributed by atoms with van der Waals surface area (Å²) in [5.74, 6) is 0.921. The summed E-state index contributed by atoms with van der Waals surface area (Å²) < 4.78 is 5.07. The van der Waals surface area contributed by atoms with Crippen LogP contribution in [0.5, 0.6) is 0 Å². The largest absolute Gasteiger partial charge is 0.384 e. The van der Waals surface area contributed by atoms with Gasteiger partial charge in [-0.3, -0.25) is 4.79 Å². The number of carbonyl (C=O) groups excluding carboxylic acids is 1. The lowest BCUT2D eigenvalue weighted by atomic mass is 9.95. The highest BCUT2D eigenvalue weighted by molar-refractivity contribution is 5.76. The number of methoxy groups -OCH3 is 1. The maximum absolute atomic E-state index is 12.4. The molecule has 0 N–H and O–H groups in total. The van der Waals surface area contributed by atoms with Gasteiger partial charge in [-0.2, -0.15) is 0 Å². The molecule has 4 rings (SSSR count). The topological polar surface area (TPSA) is 32.8 Å². The molecule has 0 unspecified atom stereocenters. The van der Waals surface area contributed by atoms with Crippen LogP contribution in [0.15, 0.2) is 30.3 Å². The lowest BCUT2D eigenvalue weighted by Gasteiger charge is -2.36. The first-order valence-electron chi connectivity index (χ1n) is 9.31. The van der Waals surface area contributed by atoms with Gasteiger partial charge in [-0.15, -0.1) is 0 Å². The van der Waals surface area contributed by atoms with Crippen LogP contribution in [0.4, 0.5) is 0 Å². The second-order valence-electron chi connectivity index (χ2n) is 7.23. The maximum Gasteiger partial charge on any atom is 0.225 e. The minimum Gasteiger partial charge on any atom is -0.384 e. The van der Waals surface area contributed by atoms with E-state index in [4.69, 9.17) is 4.74 Å². The molecule has 2 atom stereocenters. The number of piperidine rings is 1. The van der Waals surface area contributed by atoms with Crippen LogP contribution in [0.1, 0.15) is 31.2 Å². The number of amides is 1. The van der Waals surface area contributed by atoms with E-state index in [0.29, 0.717) is 25.0 Å². The summed E-state index contributed by atoms with van der Waals surface area (Å²) in [5.41, 5.74) is 1.42. The molecule has 0 radical (unpaired) electrons. The Labute approximate surface area is 145 Å². The molecule has 3 fully saturated rings. The van der Waals surface area contributed by atoms with Crippen LogP contribution in [0.2, 0.25) is 0 Å². The van der Waals surface area contributed by atoms with Crippen LogP contribution in [-0.4, -0.2) is 61.6 Å². The van der Waals surface area contributed by atoms with Crippen LogP contribution in [0.3, 0.4) is 0 Å². The van der Waals surface area contributed by atoms with Crippen LogP contribution >= 0.6 is 0 Å². The quantitative estimate of drug-likeness (QED) is 0.770. The normalized spacial score (nSPS) is 24.1. The lowest BCUT2D eigenvalue weighted by molar-refractivity contribution is -0.136. The number of ether oxygens (including phenoxy) is 1. The Morgan fingerprint density at radius 2 is 2.00 bits per heavy atom. The van der Waals surface area contributed by atoms with Gasteiger partial charge in [0.05, 0.1) is 13.0 Å². The molecule has 3 aliphatic heterocycles. The van der Waals surface area contributed by atoms with Gasteiger partial charge in [0, 0.05) is 32.8 Å².